The van der Waals surface area contributed by atoms with Crippen LogP contribution in [0.4, 0.5) is 0 Å². The van der Waals surface area contributed by atoms with Gasteiger partial charge in [0.1, 0.15) is 6.04 Å². The first-order valence-electron chi connectivity index (χ1n) is 5.50. The average molecular weight is 200 g/mol. The van der Waals surface area contributed by atoms with E-state index in [1.807, 2.05) is 0 Å². The first-order valence-corrected chi connectivity index (χ1v) is 5.50. The van der Waals surface area contributed by atoms with Crippen LogP contribution in [-0.4, -0.2) is 35.6 Å². The van der Waals surface area contributed by atoms with Gasteiger partial charge in [-0.15, -0.1) is 0 Å². The van der Waals surface area contributed by atoms with Crippen molar-refractivity contribution in [2.45, 2.75) is 58.2 Å². The third kappa shape index (κ3) is 1.69. The average Bonchev–Trinajstić information content (AvgIpc) is 2.00. The topological polar surface area (TPSA) is 30.7 Å². The van der Waals surface area contributed by atoms with Gasteiger partial charge in [0.05, 0.1) is 17.6 Å². The Balaban J connectivity index is 2.98. The van der Waals surface area contributed by atoms with E-state index in [0.717, 1.165) is 6.42 Å². The molecule has 3 nitrogen and oxygen atoms in total. The third-order valence-electron chi connectivity index (χ3n) is 4.03. The molecule has 1 rings (SSSR count). The van der Waals surface area contributed by atoms with E-state index in [4.69, 9.17) is 0 Å². The first-order chi connectivity index (χ1) is 6.23. The van der Waals surface area contributed by atoms with Crippen molar-refractivity contribution in [1.29, 1.82) is 0 Å². The predicted molar refractivity (Wildman–Crippen MR) is 59.2 cm³/mol. The molecule has 0 aliphatic carbocycles. The Morgan fingerprint density at radius 2 is 1.86 bits per heavy atom. The van der Waals surface area contributed by atoms with E-state index in [-0.39, 0.29) is 17.1 Å². The van der Waals surface area contributed by atoms with E-state index >= 15 is 0 Å². The molecule has 0 aromatic heterocycles. The van der Waals surface area contributed by atoms with Crippen LogP contribution in [0.25, 0.3) is 0 Å². The van der Waals surface area contributed by atoms with Crippen molar-refractivity contribution in [1.82, 2.24) is 4.90 Å². The van der Waals surface area contributed by atoms with Gasteiger partial charge < -0.3 is 10.3 Å². The number of likely N-dealkylation sites (N-methyl/N-ethyl adjacent to an activating group) is 1. The molecule has 0 aromatic carbocycles. The number of hydrogen-bond acceptors (Lipinski definition) is 2. The maximum atomic E-state index is 12.0. The van der Waals surface area contributed by atoms with E-state index in [9.17, 15) is 5.21 Å². The van der Waals surface area contributed by atoms with Crippen molar-refractivity contribution in [3.8, 4) is 0 Å². The minimum Gasteiger partial charge on any atom is -0.634 e. The molecule has 0 radical (unpaired) electrons. The zero-order valence-electron chi connectivity index (χ0n) is 10.3. The maximum absolute atomic E-state index is 12.0. The van der Waals surface area contributed by atoms with Crippen LogP contribution >= 0.6 is 0 Å². The highest BCUT2D eigenvalue weighted by Gasteiger charge is 2.48. The second kappa shape index (κ2) is 3.47. The molecule has 14 heavy (non-hydrogen) atoms. The van der Waals surface area contributed by atoms with Crippen molar-refractivity contribution in [2.24, 2.45) is 0 Å². The Morgan fingerprint density at radius 3 is 2.29 bits per heavy atom. The van der Waals surface area contributed by atoms with E-state index < -0.39 is 0 Å². The Hall–Kier alpha value is -0.120. The fraction of sp³-hybridized carbons (Fsp3) is 1.00. The molecular formula is C11H24N2O. The van der Waals surface area contributed by atoms with Crippen LogP contribution in [0, 0.1) is 5.21 Å². The number of quaternary nitrogens is 1. The molecule has 2 unspecified atom stereocenters. The lowest BCUT2D eigenvalue weighted by atomic mass is 9.82. The highest BCUT2D eigenvalue weighted by molar-refractivity contribution is 4.97. The molecule has 1 saturated heterocycles. The molecular weight excluding hydrogens is 176 g/mol. The summed E-state index contributed by atoms with van der Waals surface area (Å²) in [6.07, 6.45) is 0.951. The molecule has 84 valence electrons. The van der Waals surface area contributed by atoms with Gasteiger partial charge in [0.15, 0.2) is 0 Å². The summed E-state index contributed by atoms with van der Waals surface area (Å²) in [5, 5.41) is 12.4. The molecule has 2 atom stereocenters. The van der Waals surface area contributed by atoms with Gasteiger partial charge in [-0.05, 0) is 41.2 Å². The van der Waals surface area contributed by atoms with Crippen molar-refractivity contribution in [3.05, 3.63) is 5.21 Å². The molecule has 0 bridgehead atoms. The lowest BCUT2D eigenvalue weighted by molar-refractivity contribution is -0.896. The SMILES string of the molecule is CCC1[NH+]([O-])CC(C)(C)N(C)C1(C)C. The molecule has 1 N–H and O–H groups in total. The van der Waals surface area contributed by atoms with Gasteiger partial charge in [0.25, 0.3) is 0 Å². The summed E-state index contributed by atoms with van der Waals surface area (Å²) in [7, 11) is 2.13. The summed E-state index contributed by atoms with van der Waals surface area (Å²) >= 11 is 0. The van der Waals surface area contributed by atoms with Crippen LogP contribution in [0.15, 0.2) is 0 Å². The number of nitrogens with zero attached hydrogens (tertiary/aromatic N) is 1. The minimum atomic E-state index is -0.00637. The van der Waals surface area contributed by atoms with Crippen molar-refractivity contribution in [2.75, 3.05) is 13.6 Å². The predicted octanol–water partition coefficient (Wildman–Crippen LogP) is 0.650. The van der Waals surface area contributed by atoms with Gasteiger partial charge in [-0.25, -0.2) is 0 Å². The summed E-state index contributed by atoms with van der Waals surface area (Å²) in [5.41, 5.74) is -0.000162. The van der Waals surface area contributed by atoms with Crippen LogP contribution in [-0.2, 0) is 0 Å². The van der Waals surface area contributed by atoms with Crippen LogP contribution in [0.2, 0.25) is 0 Å². The maximum Gasteiger partial charge on any atom is 0.105 e. The van der Waals surface area contributed by atoms with Gasteiger partial charge >= 0.3 is 0 Å². The lowest BCUT2D eigenvalue weighted by Crippen LogP contribution is -3.18. The number of hydroxylamine groups is 2. The number of hydrogen-bond donors (Lipinski definition) is 1. The van der Waals surface area contributed by atoms with Crippen LogP contribution in [0.5, 0.6) is 0 Å². The monoisotopic (exact) mass is 200 g/mol. The smallest absolute Gasteiger partial charge is 0.105 e. The summed E-state index contributed by atoms with van der Waals surface area (Å²) in [4.78, 5) is 2.36. The van der Waals surface area contributed by atoms with E-state index in [0.29, 0.717) is 11.6 Å². The van der Waals surface area contributed by atoms with Crippen molar-refractivity contribution >= 4 is 0 Å². The molecule has 0 saturated carbocycles. The highest BCUT2D eigenvalue weighted by Crippen LogP contribution is 2.28. The summed E-state index contributed by atoms with van der Waals surface area (Å²) in [6, 6.07) is 0.195. The Morgan fingerprint density at radius 1 is 1.36 bits per heavy atom. The van der Waals surface area contributed by atoms with Gasteiger partial charge in [-0.3, -0.25) is 4.90 Å². The number of piperazine rings is 1. The molecule has 3 heteroatoms. The minimum absolute atomic E-state index is 0.00620. The summed E-state index contributed by atoms with van der Waals surface area (Å²) < 4.78 is 0. The summed E-state index contributed by atoms with van der Waals surface area (Å²) in [6.45, 7) is 11.5. The van der Waals surface area contributed by atoms with Gasteiger partial charge in [0.2, 0.25) is 0 Å². The van der Waals surface area contributed by atoms with E-state index in [1.54, 1.807) is 0 Å². The van der Waals surface area contributed by atoms with Crippen LogP contribution < -0.4 is 5.06 Å². The zero-order valence-corrected chi connectivity index (χ0v) is 10.3. The lowest BCUT2D eigenvalue weighted by Gasteiger charge is -2.58. The molecule has 0 aromatic rings. The van der Waals surface area contributed by atoms with Gasteiger partial charge in [-0.1, -0.05) is 6.92 Å². The molecule has 1 aliphatic rings. The molecule has 0 spiro atoms. The fourth-order valence-electron chi connectivity index (χ4n) is 2.80. The second-order valence-corrected chi connectivity index (χ2v) is 5.63. The van der Waals surface area contributed by atoms with Crippen molar-refractivity contribution < 1.29 is 5.06 Å². The number of nitrogens with one attached hydrogen (secondary N) is 1. The molecule has 1 fully saturated rings. The molecule has 0 amide bonds. The van der Waals surface area contributed by atoms with Crippen LogP contribution in [0.3, 0.4) is 0 Å². The van der Waals surface area contributed by atoms with E-state index in [1.165, 1.54) is 0 Å². The standard InChI is InChI=1S/C11H24N2O/c1-7-9-11(4,5)12(6)10(2,3)8-13(9)14/h9,13H,7-8H2,1-6H3. The zero-order chi connectivity index (χ0) is 11.1. The number of rotatable bonds is 1. The third-order valence-corrected chi connectivity index (χ3v) is 4.03. The molecule has 1 aliphatic heterocycles. The molecule has 1 heterocycles. The van der Waals surface area contributed by atoms with Gasteiger partial charge in [-0.2, -0.15) is 0 Å². The largest absolute Gasteiger partial charge is 0.634 e. The normalized spacial score (nSPS) is 37.1. The Bertz CT molecular complexity index is 209. The second-order valence-electron chi connectivity index (χ2n) is 5.63. The quantitative estimate of drug-likeness (QED) is 0.630. The van der Waals surface area contributed by atoms with Gasteiger partial charge in [0, 0.05) is 0 Å². The highest BCUT2D eigenvalue weighted by atomic mass is 16.5. The summed E-state index contributed by atoms with van der Waals surface area (Å²) in [5.74, 6) is 0. The Kier molecular flexibility index (Phi) is 2.96. The van der Waals surface area contributed by atoms with E-state index in [2.05, 4.69) is 46.6 Å². The Labute approximate surface area is 87.7 Å². The first kappa shape index (κ1) is 12.0. The van der Waals surface area contributed by atoms with Crippen molar-refractivity contribution in [3.63, 3.8) is 0 Å². The van der Waals surface area contributed by atoms with Crippen LogP contribution in [0.1, 0.15) is 41.0 Å². The fourth-order valence-corrected chi connectivity index (χ4v) is 2.80.